The molecular formula is C13H15Br2N3. The number of rotatable bonds is 3. The Morgan fingerprint density at radius 1 is 1.39 bits per heavy atom. The molecule has 2 aromatic rings. The van der Waals surface area contributed by atoms with Crippen molar-refractivity contribution in [1.82, 2.24) is 9.78 Å². The van der Waals surface area contributed by atoms with Crippen LogP contribution in [-0.4, -0.2) is 9.78 Å². The average Bonchev–Trinajstić information content (AvgIpc) is 2.72. The second-order valence-corrected chi connectivity index (χ2v) is 5.94. The predicted molar refractivity (Wildman–Crippen MR) is 80.5 cm³/mol. The van der Waals surface area contributed by atoms with Crippen LogP contribution in [0.15, 0.2) is 33.3 Å². The first-order valence-electron chi connectivity index (χ1n) is 5.77. The zero-order valence-electron chi connectivity index (χ0n) is 10.3. The number of hydrogen-bond acceptors (Lipinski definition) is 2. The van der Waals surface area contributed by atoms with Crippen molar-refractivity contribution in [3.8, 4) is 0 Å². The van der Waals surface area contributed by atoms with Crippen LogP contribution >= 0.6 is 31.9 Å². The van der Waals surface area contributed by atoms with Gasteiger partial charge in [0.2, 0.25) is 0 Å². The molecule has 18 heavy (non-hydrogen) atoms. The molecule has 0 aliphatic carbocycles. The van der Waals surface area contributed by atoms with Gasteiger partial charge in [-0.1, -0.05) is 22.0 Å². The van der Waals surface area contributed by atoms with Gasteiger partial charge in [-0.3, -0.25) is 4.68 Å². The Hall–Kier alpha value is -0.650. The molecule has 0 saturated heterocycles. The molecule has 0 spiro atoms. The van der Waals surface area contributed by atoms with E-state index in [1.807, 2.05) is 10.7 Å². The summed E-state index contributed by atoms with van der Waals surface area (Å²) in [5.41, 5.74) is 9.70. The number of aromatic nitrogens is 2. The molecule has 3 nitrogen and oxygen atoms in total. The molecule has 0 aliphatic rings. The first kappa shape index (κ1) is 13.8. The maximum absolute atomic E-state index is 6.40. The van der Waals surface area contributed by atoms with Gasteiger partial charge in [0.1, 0.15) is 0 Å². The van der Waals surface area contributed by atoms with Crippen molar-refractivity contribution in [2.24, 2.45) is 5.73 Å². The Kier molecular flexibility index (Phi) is 4.25. The third kappa shape index (κ3) is 2.53. The minimum absolute atomic E-state index is 0.181. The van der Waals surface area contributed by atoms with Crippen LogP contribution in [0.25, 0.3) is 0 Å². The molecule has 2 rings (SSSR count). The maximum atomic E-state index is 6.40. The van der Waals surface area contributed by atoms with Gasteiger partial charge in [0.15, 0.2) is 0 Å². The molecule has 0 fully saturated rings. The van der Waals surface area contributed by atoms with Gasteiger partial charge in [-0.05, 0) is 53.0 Å². The molecule has 1 aromatic heterocycles. The van der Waals surface area contributed by atoms with Crippen molar-refractivity contribution < 1.29 is 0 Å². The van der Waals surface area contributed by atoms with Gasteiger partial charge in [0, 0.05) is 11.0 Å². The Morgan fingerprint density at radius 3 is 2.78 bits per heavy atom. The second-order valence-electron chi connectivity index (χ2n) is 4.17. The molecule has 5 heteroatoms. The standard InChI is InChI=1S/C13H15Br2N3/c1-3-18-13(11(15)7-17-18)12(16)10-6-9(14)5-4-8(10)2/h4-7,12H,3,16H2,1-2H3. The van der Waals surface area contributed by atoms with Crippen LogP contribution < -0.4 is 5.73 Å². The van der Waals surface area contributed by atoms with Crippen LogP contribution in [0.1, 0.15) is 29.8 Å². The quantitative estimate of drug-likeness (QED) is 0.890. The van der Waals surface area contributed by atoms with Gasteiger partial charge in [0.05, 0.1) is 22.4 Å². The molecule has 1 unspecified atom stereocenters. The first-order valence-corrected chi connectivity index (χ1v) is 7.36. The SMILES string of the molecule is CCn1ncc(Br)c1C(N)c1cc(Br)ccc1C. The fourth-order valence-corrected chi connectivity index (χ4v) is 2.95. The van der Waals surface area contributed by atoms with E-state index in [-0.39, 0.29) is 6.04 Å². The molecular weight excluding hydrogens is 358 g/mol. The van der Waals surface area contributed by atoms with Crippen LogP contribution in [-0.2, 0) is 6.54 Å². The smallest absolute Gasteiger partial charge is 0.0738 e. The lowest BCUT2D eigenvalue weighted by Gasteiger charge is -2.17. The van der Waals surface area contributed by atoms with Crippen molar-refractivity contribution in [1.29, 1.82) is 0 Å². The van der Waals surface area contributed by atoms with Crippen LogP contribution in [0.4, 0.5) is 0 Å². The van der Waals surface area contributed by atoms with Crippen molar-refractivity contribution in [3.63, 3.8) is 0 Å². The summed E-state index contributed by atoms with van der Waals surface area (Å²) in [5.74, 6) is 0. The third-order valence-electron chi connectivity index (χ3n) is 3.00. The van der Waals surface area contributed by atoms with Crippen LogP contribution in [0, 0.1) is 6.92 Å². The fourth-order valence-electron chi connectivity index (χ4n) is 2.03. The minimum Gasteiger partial charge on any atom is -0.319 e. The lowest BCUT2D eigenvalue weighted by molar-refractivity contribution is 0.598. The number of halogens is 2. The Balaban J connectivity index is 2.50. The highest BCUT2D eigenvalue weighted by Crippen LogP contribution is 2.30. The molecule has 1 atom stereocenters. The zero-order valence-corrected chi connectivity index (χ0v) is 13.5. The van der Waals surface area contributed by atoms with E-state index in [0.717, 1.165) is 26.7 Å². The van der Waals surface area contributed by atoms with Gasteiger partial charge in [0.25, 0.3) is 0 Å². The summed E-state index contributed by atoms with van der Waals surface area (Å²) in [4.78, 5) is 0. The van der Waals surface area contributed by atoms with Gasteiger partial charge < -0.3 is 5.73 Å². The highest BCUT2D eigenvalue weighted by atomic mass is 79.9. The largest absolute Gasteiger partial charge is 0.319 e. The van der Waals surface area contributed by atoms with Crippen LogP contribution in [0.5, 0.6) is 0 Å². The highest BCUT2D eigenvalue weighted by Gasteiger charge is 2.19. The van der Waals surface area contributed by atoms with E-state index in [0.29, 0.717) is 0 Å². The summed E-state index contributed by atoms with van der Waals surface area (Å²) in [7, 11) is 0. The van der Waals surface area contributed by atoms with Crippen molar-refractivity contribution in [3.05, 3.63) is 50.2 Å². The monoisotopic (exact) mass is 371 g/mol. The summed E-state index contributed by atoms with van der Waals surface area (Å²) >= 11 is 7.02. The summed E-state index contributed by atoms with van der Waals surface area (Å²) in [5, 5.41) is 4.31. The van der Waals surface area contributed by atoms with E-state index >= 15 is 0 Å². The van der Waals surface area contributed by atoms with Crippen molar-refractivity contribution in [2.75, 3.05) is 0 Å². The molecule has 0 amide bonds. The maximum Gasteiger partial charge on any atom is 0.0738 e. The third-order valence-corrected chi connectivity index (χ3v) is 4.11. The summed E-state index contributed by atoms with van der Waals surface area (Å²) in [6.07, 6.45) is 1.80. The van der Waals surface area contributed by atoms with E-state index in [2.05, 4.69) is 62.9 Å². The molecule has 1 aromatic carbocycles. The summed E-state index contributed by atoms with van der Waals surface area (Å²) in [6.45, 7) is 4.94. The Labute approximate surface area is 124 Å². The van der Waals surface area contributed by atoms with E-state index in [4.69, 9.17) is 5.73 Å². The molecule has 0 saturated carbocycles. The molecule has 1 heterocycles. The topological polar surface area (TPSA) is 43.8 Å². The van der Waals surface area contributed by atoms with Gasteiger partial charge >= 0.3 is 0 Å². The van der Waals surface area contributed by atoms with Crippen molar-refractivity contribution >= 4 is 31.9 Å². The molecule has 0 radical (unpaired) electrons. The number of benzene rings is 1. The highest BCUT2D eigenvalue weighted by molar-refractivity contribution is 9.10. The second kappa shape index (κ2) is 5.55. The minimum atomic E-state index is -0.181. The van der Waals surface area contributed by atoms with E-state index in [1.54, 1.807) is 6.20 Å². The van der Waals surface area contributed by atoms with Gasteiger partial charge in [-0.2, -0.15) is 5.10 Å². The number of nitrogens with two attached hydrogens (primary N) is 1. The normalized spacial score (nSPS) is 12.7. The lowest BCUT2D eigenvalue weighted by Crippen LogP contribution is -2.18. The first-order chi connectivity index (χ1) is 8.54. The molecule has 0 aliphatic heterocycles. The van der Waals surface area contributed by atoms with E-state index < -0.39 is 0 Å². The van der Waals surface area contributed by atoms with Crippen molar-refractivity contribution in [2.45, 2.75) is 26.4 Å². The zero-order chi connectivity index (χ0) is 13.3. The summed E-state index contributed by atoms with van der Waals surface area (Å²) in [6, 6.07) is 5.98. The number of aryl methyl sites for hydroxylation is 2. The molecule has 2 N–H and O–H groups in total. The van der Waals surface area contributed by atoms with E-state index in [9.17, 15) is 0 Å². The Morgan fingerprint density at radius 2 is 2.11 bits per heavy atom. The van der Waals surface area contributed by atoms with Crippen LogP contribution in [0.2, 0.25) is 0 Å². The van der Waals surface area contributed by atoms with E-state index in [1.165, 1.54) is 5.56 Å². The fraction of sp³-hybridized carbons (Fsp3) is 0.308. The van der Waals surface area contributed by atoms with Gasteiger partial charge in [-0.25, -0.2) is 0 Å². The number of nitrogens with zero attached hydrogens (tertiary/aromatic N) is 2. The number of hydrogen-bond donors (Lipinski definition) is 1. The molecule has 96 valence electrons. The average molecular weight is 373 g/mol. The van der Waals surface area contributed by atoms with Gasteiger partial charge in [-0.15, -0.1) is 0 Å². The lowest BCUT2D eigenvalue weighted by atomic mass is 9.99. The predicted octanol–water partition coefficient (Wildman–Crippen LogP) is 3.78. The molecule has 0 bridgehead atoms. The van der Waals surface area contributed by atoms with Crippen LogP contribution in [0.3, 0.4) is 0 Å². The summed E-state index contributed by atoms with van der Waals surface area (Å²) < 4.78 is 3.92. The Bertz CT molecular complexity index is 563.